The summed E-state index contributed by atoms with van der Waals surface area (Å²) >= 11 is 2.85. The number of carbonyl (C=O) groups is 1. The molecule has 78 valence electrons. The van der Waals surface area contributed by atoms with Crippen LogP contribution in [0.15, 0.2) is 12.4 Å². The van der Waals surface area contributed by atoms with E-state index < -0.39 is 0 Å². The Kier molecular flexibility index (Phi) is 2.79. The quantitative estimate of drug-likeness (QED) is 0.756. The van der Waals surface area contributed by atoms with E-state index in [1.165, 1.54) is 24.6 Å². The molecule has 0 aliphatic rings. The molecule has 0 fully saturated rings. The van der Waals surface area contributed by atoms with Crippen LogP contribution in [-0.2, 0) is 4.74 Å². The van der Waals surface area contributed by atoms with Gasteiger partial charge in [0.1, 0.15) is 4.88 Å². The van der Waals surface area contributed by atoms with Crippen molar-refractivity contribution in [2.45, 2.75) is 6.92 Å². The van der Waals surface area contributed by atoms with Crippen molar-refractivity contribution >= 4 is 28.6 Å². The summed E-state index contributed by atoms with van der Waals surface area (Å²) in [6, 6.07) is 0. The van der Waals surface area contributed by atoms with Crippen molar-refractivity contribution in [3.63, 3.8) is 0 Å². The van der Waals surface area contributed by atoms with Gasteiger partial charge in [-0.2, -0.15) is 0 Å². The minimum Gasteiger partial charge on any atom is -0.465 e. The van der Waals surface area contributed by atoms with Gasteiger partial charge in [0.25, 0.3) is 0 Å². The molecular weight excluding hydrogens is 232 g/mol. The van der Waals surface area contributed by atoms with Crippen LogP contribution in [0.1, 0.15) is 14.5 Å². The highest BCUT2D eigenvalue weighted by atomic mass is 32.1. The molecule has 0 N–H and O–H groups in total. The fraction of sp³-hybridized carbons (Fsp3) is 0.222. The Hall–Kier alpha value is -1.27. The number of rotatable bonds is 2. The van der Waals surface area contributed by atoms with Gasteiger partial charge in [-0.15, -0.1) is 22.7 Å². The van der Waals surface area contributed by atoms with E-state index in [0.717, 1.165) is 14.9 Å². The molecule has 4 nitrogen and oxygen atoms in total. The van der Waals surface area contributed by atoms with Crippen molar-refractivity contribution in [3.8, 4) is 10.0 Å². The van der Waals surface area contributed by atoms with Crippen LogP contribution in [0.25, 0.3) is 10.0 Å². The maximum atomic E-state index is 11.2. The Balaban J connectivity index is 2.31. The van der Waals surface area contributed by atoms with Crippen LogP contribution in [-0.4, -0.2) is 23.0 Å². The van der Waals surface area contributed by atoms with Gasteiger partial charge in [-0.25, -0.2) is 14.8 Å². The number of methoxy groups -OCH3 is 1. The smallest absolute Gasteiger partial charge is 0.349 e. The summed E-state index contributed by atoms with van der Waals surface area (Å²) in [6.45, 7) is 1.98. The fourth-order valence-electron chi connectivity index (χ4n) is 1.02. The molecule has 0 unspecified atom stereocenters. The molecule has 2 aromatic heterocycles. The van der Waals surface area contributed by atoms with Crippen molar-refractivity contribution in [1.82, 2.24) is 9.97 Å². The third-order valence-corrected chi connectivity index (χ3v) is 3.73. The number of thiazole rings is 2. The standard InChI is InChI=1S/C9H8N2O2S2/c1-5-3-10-7(14-5)8-11-4-6(15-8)9(12)13-2/h3-4H,1-2H3. The van der Waals surface area contributed by atoms with Crippen LogP contribution in [0.5, 0.6) is 0 Å². The topological polar surface area (TPSA) is 52.1 Å². The maximum absolute atomic E-state index is 11.2. The van der Waals surface area contributed by atoms with Gasteiger partial charge in [-0.3, -0.25) is 0 Å². The van der Waals surface area contributed by atoms with Crippen molar-refractivity contribution < 1.29 is 9.53 Å². The zero-order chi connectivity index (χ0) is 10.8. The van der Waals surface area contributed by atoms with Crippen LogP contribution >= 0.6 is 22.7 Å². The van der Waals surface area contributed by atoms with Crippen LogP contribution in [0, 0.1) is 6.92 Å². The molecule has 0 spiro atoms. The number of aromatic nitrogens is 2. The summed E-state index contributed by atoms with van der Waals surface area (Å²) < 4.78 is 4.61. The van der Waals surface area contributed by atoms with E-state index in [0.29, 0.717) is 4.88 Å². The van der Waals surface area contributed by atoms with Crippen molar-refractivity contribution in [3.05, 3.63) is 22.1 Å². The number of carbonyl (C=O) groups excluding carboxylic acids is 1. The van der Waals surface area contributed by atoms with Gasteiger partial charge >= 0.3 is 5.97 Å². The molecule has 2 heterocycles. The van der Waals surface area contributed by atoms with E-state index in [9.17, 15) is 4.79 Å². The predicted molar refractivity (Wildman–Crippen MR) is 59.3 cm³/mol. The molecule has 2 aromatic rings. The molecule has 2 rings (SSSR count). The van der Waals surface area contributed by atoms with Crippen molar-refractivity contribution in [2.75, 3.05) is 7.11 Å². The maximum Gasteiger partial charge on any atom is 0.349 e. The van der Waals surface area contributed by atoms with Gasteiger partial charge < -0.3 is 4.74 Å². The number of esters is 1. The SMILES string of the molecule is COC(=O)c1cnc(-c2ncc(C)s2)s1. The Bertz CT molecular complexity index is 490. The molecular formula is C9H8N2O2S2. The second-order valence-electron chi connectivity index (χ2n) is 2.80. The Morgan fingerprint density at radius 2 is 1.93 bits per heavy atom. The van der Waals surface area contributed by atoms with E-state index in [2.05, 4.69) is 14.7 Å². The molecule has 15 heavy (non-hydrogen) atoms. The average molecular weight is 240 g/mol. The lowest BCUT2D eigenvalue weighted by Gasteiger charge is -1.90. The molecule has 6 heteroatoms. The number of hydrogen-bond acceptors (Lipinski definition) is 6. The van der Waals surface area contributed by atoms with E-state index >= 15 is 0 Å². The largest absolute Gasteiger partial charge is 0.465 e. The zero-order valence-corrected chi connectivity index (χ0v) is 9.82. The van der Waals surface area contributed by atoms with Crippen molar-refractivity contribution in [2.24, 2.45) is 0 Å². The molecule has 0 amide bonds. The van der Waals surface area contributed by atoms with E-state index in [4.69, 9.17) is 0 Å². The molecule has 0 radical (unpaired) electrons. The van der Waals surface area contributed by atoms with Crippen LogP contribution < -0.4 is 0 Å². The van der Waals surface area contributed by atoms with Crippen LogP contribution in [0.4, 0.5) is 0 Å². The minimum atomic E-state index is -0.355. The van der Waals surface area contributed by atoms with Gasteiger partial charge in [-0.05, 0) is 6.92 Å². The first kappa shape index (κ1) is 10.3. The number of aryl methyl sites for hydroxylation is 1. The highest BCUT2D eigenvalue weighted by Gasteiger charge is 2.13. The van der Waals surface area contributed by atoms with Gasteiger partial charge in [0.2, 0.25) is 0 Å². The minimum absolute atomic E-state index is 0.355. The Morgan fingerprint density at radius 3 is 2.53 bits per heavy atom. The molecule has 0 saturated carbocycles. The van der Waals surface area contributed by atoms with E-state index in [-0.39, 0.29) is 5.97 Å². The Morgan fingerprint density at radius 1 is 1.27 bits per heavy atom. The third kappa shape index (κ3) is 2.05. The summed E-state index contributed by atoms with van der Waals surface area (Å²) in [5.74, 6) is -0.355. The third-order valence-electron chi connectivity index (χ3n) is 1.70. The first-order chi connectivity index (χ1) is 7.20. The monoisotopic (exact) mass is 240 g/mol. The lowest BCUT2D eigenvalue weighted by atomic mass is 10.6. The lowest BCUT2D eigenvalue weighted by molar-refractivity contribution is 0.0606. The summed E-state index contributed by atoms with van der Waals surface area (Å²) in [4.78, 5) is 21.2. The predicted octanol–water partition coefficient (Wildman–Crippen LogP) is 2.36. The fourth-order valence-corrected chi connectivity index (χ4v) is 2.65. The summed E-state index contributed by atoms with van der Waals surface area (Å²) in [7, 11) is 1.36. The summed E-state index contributed by atoms with van der Waals surface area (Å²) in [5.41, 5.74) is 0. The first-order valence-corrected chi connectivity index (χ1v) is 5.81. The zero-order valence-electron chi connectivity index (χ0n) is 8.18. The average Bonchev–Trinajstić information content (AvgIpc) is 2.84. The molecule has 0 bridgehead atoms. The van der Waals surface area contributed by atoms with Gasteiger partial charge in [0, 0.05) is 11.1 Å². The lowest BCUT2D eigenvalue weighted by Crippen LogP contribution is -1.96. The highest BCUT2D eigenvalue weighted by Crippen LogP contribution is 2.28. The number of hydrogen-bond donors (Lipinski definition) is 0. The van der Waals surface area contributed by atoms with Crippen molar-refractivity contribution in [1.29, 1.82) is 0 Å². The first-order valence-electron chi connectivity index (χ1n) is 4.17. The van der Waals surface area contributed by atoms with E-state index in [1.807, 2.05) is 6.92 Å². The van der Waals surface area contributed by atoms with E-state index in [1.54, 1.807) is 17.5 Å². The molecule has 0 aliphatic heterocycles. The molecule has 0 atom stereocenters. The second-order valence-corrected chi connectivity index (χ2v) is 5.06. The molecule has 0 aliphatic carbocycles. The summed E-state index contributed by atoms with van der Waals surface area (Å²) in [5, 5.41) is 1.60. The highest BCUT2D eigenvalue weighted by molar-refractivity contribution is 7.22. The number of ether oxygens (including phenoxy) is 1. The second kappa shape index (κ2) is 4.08. The summed E-state index contributed by atoms with van der Waals surface area (Å²) in [6.07, 6.45) is 3.31. The normalized spacial score (nSPS) is 10.3. The van der Waals surface area contributed by atoms with Gasteiger partial charge in [0.05, 0.1) is 13.3 Å². The van der Waals surface area contributed by atoms with Gasteiger partial charge in [0.15, 0.2) is 10.0 Å². The van der Waals surface area contributed by atoms with Gasteiger partial charge in [-0.1, -0.05) is 0 Å². The van der Waals surface area contributed by atoms with Crippen LogP contribution in [0.2, 0.25) is 0 Å². The van der Waals surface area contributed by atoms with Crippen LogP contribution in [0.3, 0.4) is 0 Å². The number of nitrogens with zero attached hydrogens (tertiary/aromatic N) is 2. The molecule has 0 aromatic carbocycles. The molecule has 0 saturated heterocycles. The Labute approximate surface area is 94.6 Å².